The number of nitrogens with zero attached hydrogens (tertiary/aromatic N) is 1. The van der Waals surface area contributed by atoms with Gasteiger partial charge in [-0.15, -0.1) is 0 Å². The van der Waals surface area contributed by atoms with Crippen molar-refractivity contribution in [3.05, 3.63) is 29.3 Å². The predicted octanol–water partition coefficient (Wildman–Crippen LogP) is 4.22. The van der Waals surface area contributed by atoms with Crippen LogP contribution in [0.25, 0.3) is 0 Å². The minimum Gasteiger partial charge on any atom is -0.374 e. The van der Waals surface area contributed by atoms with E-state index in [1.54, 1.807) is 0 Å². The lowest BCUT2D eigenvalue weighted by Gasteiger charge is -2.24. The summed E-state index contributed by atoms with van der Waals surface area (Å²) in [5, 5.41) is 3.56. The molecule has 1 N–H and O–H groups in total. The SMILES string of the molecule is Cc1ccc(N(C)CCC(C)C)c(CNCC(C)C)c1. The molecule has 0 spiro atoms. The van der Waals surface area contributed by atoms with Crippen LogP contribution < -0.4 is 10.2 Å². The Morgan fingerprint density at radius 2 is 1.80 bits per heavy atom. The van der Waals surface area contributed by atoms with E-state index in [-0.39, 0.29) is 0 Å². The topological polar surface area (TPSA) is 15.3 Å². The van der Waals surface area contributed by atoms with Crippen molar-refractivity contribution in [2.24, 2.45) is 11.8 Å². The lowest BCUT2D eigenvalue weighted by molar-refractivity contribution is 0.551. The van der Waals surface area contributed by atoms with Gasteiger partial charge in [0.25, 0.3) is 0 Å². The van der Waals surface area contributed by atoms with Crippen LogP contribution in [0.5, 0.6) is 0 Å². The van der Waals surface area contributed by atoms with Crippen molar-refractivity contribution < 1.29 is 0 Å². The van der Waals surface area contributed by atoms with Gasteiger partial charge in [0.15, 0.2) is 0 Å². The third-order valence-corrected chi connectivity index (χ3v) is 3.56. The van der Waals surface area contributed by atoms with Gasteiger partial charge in [0.1, 0.15) is 0 Å². The Hall–Kier alpha value is -1.02. The second-order valence-electron chi connectivity index (χ2n) is 6.76. The van der Waals surface area contributed by atoms with Gasteiger partial charge < -0.3 is 10.2 Å². The normalized spacial score (nSPS) is 11.4. The smallest absolute Gasteiger partial charge is 0.0409 e. The molecule has 114 valence electrons. The van der Waals surface area contributed by atoms with Crippen molar-refractivity contribution in [2.45, 2.75) is 47.6 Å². The maximum absolute atomic E-state index is 3.56. The first-order valence-corrected chi connectivity index (χ1v) is 7.91. The average molecular weight is 276 g/mol. The molecule has 0 saturated carbocycles. The molecular formula is C18H32N2. The quantitative estimate of drug-likeness (QED) is 0.764. The van der Waals surface area contributed by atoms with Crippen LogP contribution in [-0.2, 0) is 6.54 Å². The lowest BCUT2D eigenvalue weighted by Crippen LogP contribution is -2.24. The zero-order valence-electron chi connectivity index (χ0n) is 14.2. The molecule has 0 aliphatic heterocycles. The Bertz CT molecular complexity index is 396. The van der Waals surface area contributed by atoms with Gasteiger partial charge >= 0.3 is 0 Å². The summed E-state index contributed by atoms with van der Waals surface area (Å²) in [5.41, 5.74) is 4.12. The van der Waals surface area contributed by atoms with Crippen LogP contribution in [0.2, 0.25) is 0 Å². The summed E-state index contributed by atoms with van der Waals surface area (Å²) < 4.78 is 0. The van der Waals surface area contributed by atoms with Gasteiger partial charge in [-0.2, -0.15) is 0 Å². The summed E-state index contributed by atoms with van der Waals surface area (Å²) in [6.07, 6.45) is 1.24. The predicted molar refractivity (Wildman–Crippen MR) is 90.4 cm³/mol. The third kappa shape index (κ3) is 5.96. The van der Waals surface area contributed by atoms with Gasteiger partial charge in [0.05, 0.1) is 0 Å². The molecule has 1 aromatic rings. The fraction of sp³-hybridized carbons (Fsp3) is 0.667. The first kappa shape index (κ1) is 17.0. The largest absolute Gasteiger partial charge is 0.374 e. The Labute approximate surface area is 125 Å². The van der Waals surface area contributed by atoms with Crippen molar-refractivity contribution >= 4 is 5.69 Å². The number of rotatable bonds is 8. The molecule has 0 aliphatic carbocycles. The molecule has 0 radical (unpaired) electrons. The molecular weight excluding hydrogens is 244 g/mol. The highest BCUT2D eigenvalue weighted by Crippen LogP contribution is 2.22. The minimum absolute atomic E-state index is 0.696. The van der Waals surface area contributed by atoms with E-state index in [0.29, 0.717) is 5.92 Å². The molecule has 1 aromatic carbocycles. The molecule has 0 bridgehead atoms. The fourth-order valence-electron chi connectivity index (χ4n) is 2.30. The van der Waals surface area contributed by atoms with Crippen LogP contribution >= 0.6 is 0 Å². The molecule has 1 rings (SSSR count). The molecule has 2 heteroatoms. The monoisotopic (exact) mass is 276 g/mol. The van der Waals surface area contributed by atoms with E-state index in [0.717, 1.165) is 25.6 Å². The van der Waals surface area contributed by atoms with Gasteiger partial charge in [-0.25, -0.2) is 0 Å². The summed E-state index contributed by atoms with van der Waals surface area (Å²) in [5.74, 6) is 1.45. The van der Waals surface area contributed by atoms with E-state index in [9.17, 15) is 0 Å². The highest BCUT2D eigenvalue weighted by Gasteiger charge is 2.08. The highest BCUT2D eigenvalue weighted by molar-refractivity contribution is 5.54. The Morgan fingerprint density at radius 1 is 1.10 bits per heavy atom. The summed E-state index contributed by atoms with van der Waals surface area (Å²) in [4.78, 5) is 2.39. The standard InChI is InChI=1S/C18H32N2/c1-14(2)9-10-20(6)18-8-7-16(5)11-17(18)13-19-12-15(3)4/h7-8,11,14-15,19H,9-10,12-13H2,1-6H3. The Kier molecular flexibility index (Phi) is 7.08. The molecule has 0 aliphatic rings. The van der Waals surface area contributed by atoms with E-state index < -0.39 is 0 Å². The van der Waals surface area contributed by atoms with Crippen LogP contribution in [-0.4, -0.2) is 20.1 Å². The van der Waals surface area contributed by atoms with Crippen LogP contribution in [0.4, 0.5) is 5.69 Å². The number of hydrogen-bond acceptors (Lipinski definition) is 2. The third-order valence-electron chi connectivity index (χ3n) is 3.56. The van der Waals surface area contributed by atoms with E-state index >= 15 is 0 Å². The van der Waals surface area contributed by atoms with Crippen LogP contribution in [0.15, 0.2) is 18.2 Å². The van der Waals surface area contributed by atoms with Crippen molar-refractivity contribution in [3.8, 4) is 0 Å². The van der Waals surface area contributed by atoms with Gasteiger partial charge in [0.2, 0.25) is 0 Å². The summed E-state index contributed by atoms with van der Waals surface area (Å²) in [7, 11) is 2.21. The number of aryl methyl sites for hydroxylation is 1. The minimum atomic E-state index is 0.696. The molecule has 20 heavy (non-hydrogen) atoms. The maximum atomic E-state index is 3.56. The van der Waals surface area contributed by atoms with Crippen molar-refractivity contribution in [1.82, 2.24) is 5.32 Å². The van der Waals surface area contributed by atoms with E-state index in [4.69, 9.17) is 0 Å². The van der Waals surface area contributed by atoms with Crippen LogP contribution in [0, 0.1) is 18.8 Å². The summed E-state index contributed by atoms with van der Waals surface area (Å²) in [6.45, 7) is 14.4. The molecule has 0 atom stereocenters. The average Bonchev–Trinajstić information content (AvgIpc) is 2.35. The first-order chi connectivity index (χ1) is 9.40. The number of hydrogen-bond donors (Lipinski definition) is 1. The first-order valence-electron chi connectivity index (χ1n) is 7.91. The second kappa shape index (κ2) is 8.31. The van der Waals surface area contributed by atoms with Gasteiger partial charge in [-0.3, -0.25) is 0 Å². The van der Waals surface area contributed by atoms with Gasteiger partial charge in [-0.1, -0.05) is 45.4 Å². The molecule has 0 heterocycles. The number of anilines is 1. The molecule has 0 unspecified atom stereocenters. The van der Waals surface area contributed by atoms with Crippen LogP contribution in [0.3, 0.4) is 0 Å². The highest BCUT2D eigenvalue weighted by atomic mass is 15.1. The molecule has 0 amide bonds. The van der Waals surface area contributed by atoms with Crippen LogP contribution in [0.1, 0.15) is 45.2 Å². The van der Waals surface area contributed by atoms with E-state index in [1.165, 1.54) is 23.2 Å². The summed E-state index contributed by atoms with van der Waals surface area (Å²) >= 11 is 0. The molecule has 0 saturated heterocycles. The second-order valence-corrected chi connectivity index (χ2v) is 6.76. The maximum Gasteiger partial charge on any atom is 0.0409 e. The number of benzene rings is 1. The Morgan fingerprint density at radius 3 is 2.40 bits per heavy atom. The lowest BCUT2D eigenvalue weighted by atomic mass is 10.1. The number of nitrogens with one attached hydrogen (secondary N) is 1. The van der Waals surface area contributed by atoms with E-state index in [2.05, 4.69) is 70.1 Å². The van der Waals surface area contributed by atoms with Gasteiger partial charge in [-0.05, 0) is 43.4 Å². The fourth-order valence-corrected chi connectivity index (χ4v) is 2.30. The zero-order valence-corrected chi connectivity index (χ0v) is 14.2. The van der Waals surface area contributed by atoms with Crippen molar-refractivity contribution in [1.29, 1.82) is 0 Å². The van der Waals surface area contributed by atoms with Crippen molar-refractivity contribution in [3.63, 3.8) is 0 Å². The van der Waals surface area contributed by atoms with Crippen molar-refractivity contribution in [2.75, 3.05) is 25.0 Å². The Balaban J connectivity index is 2.73. The molecule has 0 fully saturated rings. The molecule has 2 nitrogen and oxygen atoms in total. The molecule has 0 aromatic heterocycles. The zero-order chi connectivity index (χ0) is 15.1. The summed E-state index contributed by atoms with van der Waals surface area (Å²) in [6, 6.07) is 6.80. The van der Waals surface area contributed by atoms with Gasteiger partial charge in [0, 0.05) is 25.8 Å². The van der Waals surface area contributed by atoms with E-state index in [1.807, 2.05) is 0 Å².